The first-order chi connectivity index (χ1) is 10.2. The molecule has 0 aliphatic rings. The standard InChI is InChI=1S/C14H29N7/c1-5-13-19-18-12-21(13)11-9-17-14(15-6-2)16-8-10-20(4)7-3/h12H,5-11H2,1-4H3,(H2,15,16,17). The van der Waals surface area contributed by atoms with E-state index in [1.807, 2.05) is 0 Å². The zero-order chi connectivity index (χ0) is 15.5. The first kappa shape index (κ1) is 17.4. The van der Waals surface area contributed by atoms with Crippen LogP contribution in [0.1, 0.15) is 26.6 Å². The number of aliphatic imine (C=N–C) groups is 1. The third-order valence-corrected chi connectivity index (χ3v) is 3.29. The molecule has 0 radical (unpaired) electrons. The second-order valence-electron chi connectivity index (χ2n) is 4.88. The lowest BCUT2D eigenvalue weighted by atomic mass is 10.4. The average molecular weight is 295 g/mol. The van der Waals surface area contributed by atoms with Crippen molar-refractivity contribution in [2.75, 3.05) is 39.8 Å². The number of guanidine groups is 1. The molecule has 0 spiro atoms. The lowest BCUT2D eigenvalue weighted by Gasteiger charge is -2.14. The lowest BCUT2D eigenvalue weighted by Crippen LogP contribution is -2.39. The first-order valence-corrected chi connectivity index (χ1v) is 7.78. The van der Waals surface area contributed by atoms with Crippen LogP contribution >= 0.6 is 0 Å². The highest BCUT2D eigenvalue weighted by atomic mass is 15.3. The summed E-state index contributed by atoms with van der Waals surface area (Å²) in [6.07, 6.45) is 2.68. The molecular formula is C14H29N7. The van der Waals surface area contributed by atoms with Gasteiger partial charge in [0.15, 0.2) is 5.96 Å². The van der Waals surface area contributed by atoms with Crippen LogP contribution in [0.5, 0.6) is 0 Å². The van der Waals surface area contributed by atoms with Crippen LogP contribution in [-0.2, 0) is 13.0 Å². The van der Waals surface area contributed by atoms with Gasteiger partial charge in [0.05, 0.1) is 6.54 Å². The fourth-order valence-corrected chi connectivity index (χ4v) is 1.87. The number of hydrogen-bond acceptors (Lipinski definition) is 4. The van der Waals surface area contributed by atoms with E-state index in [-0.39, 0.29) is 0 Å². The third kappa shape index (κ3) is 6.57. The summed E-state index contributed by atoms with van der Waals surface area (Å²) >= 11 is 0. The molecule has 7 nitrogen and oxygen atoms in total. The molecule has 0 saturated heterocycles. The first-order valence-electron chi connectivity index (χ1n) is 7.78. The van der Waals surface area contributed by atoms with Crippen molar-refractivity contribution in [3.05, 3.63) is 12.2 Å². The van der Waals surface area contributed by atoms with E-state index >= 15 is 0 Å². The van der Waals surface area contributed by atoms with Gasteiger partial charge in [0.2, 0.25) is 0 Å². The molecule has 1 aromatic rings. The van der Waals surface area contributed by atoms with Crippen molar-refractivity contribution in [3.63, 3.8) is 0 Å². The predicted octanol–water partition coefficient (Wildman–Crippen LogP) is 0.347. The maximum Gasteiger partial charge on any atom is 0.191 e. The molecule has 0 bridgehead atoms. The lowest BCUT2D eigenvalue weighted by molar-refractivity contribution is 0.363. The molecule has 2 N–H and O–H groups in total. The van der Waals surface area contributed by atoms with E-state index in [2.05, 4.69) is 63.1 Å². The SMILES string of the molecule is CCNC(=NCCN(C)CC)NCCn1cnnc1CC. The van der Waals surface area contributed by atoms with Gasteiger partial charge in [0, 0.05) is 32.6 Å². The fourth-order valence-electron chi connectivity index (χ4n) is 1.87. The Balaban J connectivity index is 2.38. The zero-order valence-electron chi connectivity index (χ0n) is 13.8. The van der Waals surface area contributed by atoms with Crippen LogP contribution in [0, 0.1) is 0 Å². The van der Waals surface area contributed by atoms with Gasteiger partial charge in [0.1, 0.15) is 12.2 Å². The molecule has 1 aromatic heterocycles. The van der Waals surface area contributed by atoms with Crippen LogP contribution in [0.15, 0.2) is 11.3 Å². The smallest absolute Gasteiger partial charge is 0.191 e. The summed E-state index contributed by atoms with van der Waals surface area (Å²) < 4.78 is 2.07. The molecule has 0 amide bonds. The number of aryl methyl sites for hydroxylation is 1. The fraction of sp³-hybridized carbons (Fsp3) is 0.786. The molecule has 0 aliphatic carbocycles. The molecule has 0 unspecified atom stereocenters. The molecule has 21 heavy (non-hydrogen) atoms. The second kappa shape index (κ2) is 10.1. The highest BCUT2D eigenvalue weighted by molar-refractivity contribution is 5.79. The number of likely N-dealkylation sites (N-methyl/N-ethyl adjacent to an activating group) is 1. The molecule has 1 heterocycles. The topological polar surface area (TPSA) is 70.4 Å². The molecule has 7 heteroatoms. The Hall–Kier alpha value is -1.63. The summed E-state index contributed by atoms with van der Waals surface area (Å²) in [5.41, 5.74) is 0. The van der Waals surface area contributed by atoms with Gasteiger partial charge in [-0.15, -0.1) is 10.2 Å². The van der Waals surface area contributed by atoms with Gasteiger partial charge < -0.3 is 20.1 Å². The van der Waals surface area contributed by atoms with Gasteiger partial charge in [0.25, 0.3) is 0 Å². The van der Waals surface area contributed by atoms with E-state index in [9.17, 15) is 0 Å². The molecule has 0 atom stereocenters. The predicted molar refractivity (Wildman–Crippen MR) is 86.6 cm³/mol. The van der Waals surface area contributed by atoms with Crippen molar-refractivity contribution in [1.29, 1.82) is 0 Å². The van der Waals surface area contributed by atoms with Crippen molar-refractivity contribution in [1.82, 2.24) is 30.3 Å². The summed E-state index contributed by atoms with van der Waals surface area (Å²) in [4.78, 5) is 6.82. The normalized spacial score (nSPS) is 12.0. The van der Waals surface area contributed by atoms with Crippen molar-refractivity contribution < 1.29 is 0 Å². The third-order valence-electron chi connectivity index (χ3n) is 3.29. The Kier molecular flexibility index (Phi) is 8.42. The van der Waals surface area contributed by atoms with Gasteiger partial charge in [-0.1, -0.05) is 13.8 Å². The molecular weight excluding hydrogens is 266 g/mol. The monoisotopic (exact) mass is 295 g/mol. The maximum atomic E-state index is 4.58. The minimum absolute atomic E-state index is 0.798. The van der Waals surface area contributed by atoms with Crippen LogP contribution in [0.25, 0.3) is 0 Å². The van der Waals surface area contributed by atoms with E-state index in [1.165, 1.54) is 0 Å². The van der Waals surface area contributed by atoms with Crippen molar-refractivity contribution in [2.24, 2.45) is 4.99 Å². The minimum Gasteiger partial charge on any atom is -0.357 e. The van der Waals surface area contributed by atoms with Gasteiger partial charge in [-0.2, -0.15) is 0 Å². The summed E-state index contributed by atoms with van der Waals surface area (Å²) in [6, 6.07) is 0. The van der Waals surface area contributed by atoms with Crippen LogP contribution in [0.3, 0.4) is 0 Å². The zero-order valence-corrected chi connectivity index (χ0v) is 13.8. The van der Waals surface area contributed by atoms with Gasteiger partial charge >= 0.3 is 0 Å². The van der Waals surface area contributed by atoms with Crippen LogP contribution in [0.2, 0.25) is 0 Å². The van der Waals surface area contributed by atoms with Crippen LogP contribution < -0.4 is 10.6 Å². The number of nitrogens with zero attached hydrogens (tertiary/aromatic N) is 5. The molecule has 120 valence electrons. The van der Waals surface area contributed by atoms with Crippen LogP contribution in [-0.4, -0.2) is 65.4 Å². The van der Waals surface area contributed by atoms with E-state index < -0.39 is 0 Å². The molecule has 0 aliphatic heterocycles. The Morgan fingerprint density at radius 2 is 2.14 bits per heavy atom. The summed E-state index contributed by atoms with van der Waals surface area (Å²) in [5, 5.41) is 14.6. The van der Waals surface area contributed by atoms with E-state index in [0.717, 1.165) is 57.5 Å². The summed E-state index contributed by atoms with van der Waals surface area (Å²) in [6.45, 7) is 11.6. The molecule has 0 saturated carbocycles. The average Bonchev–Trinajstić information content (AvgIpc) is 2.94. The van der Waals surface area contributed by atoms with E-state index in [0.29, 0.717) is 0 Å². The van der Waals surface area contributed by atoms with Crippen molar-refractivity contribution in [3.8, 4) is 0 Å². The van der Waals surface area contributed by atoms with Gasteiger partial charge in [-0.25, -0.2) is 0 Å². The Morgan fingerprint density at radius 3 is 2.81 bits per heavy atom. The Bertz CT molecular complexity index is 413. The Morgan fingerprint density at radius 1 is 1.33 bits per heavy atom. The minimum atomic E-state index is 0.798. The van der Waals surface area contributed by atoms with E-state index in [4.69, 9.17) is 0 Å². The second-order valence-corrected chi connectivity index (χ2v) is 4.88. The number of aromatic nitrogens is 3. The van der Waals surface area contributed by atoms with Gasteiger partial charge in [-0.05, 0) is 20.5 Å². The Labute approximate surface area is 127 Å². The number of rotatable bonds is 9. The summed E-state index contributed by atoms with van der Waals surface area (Å²) in [7, 11) is 2.11. The largest absolute Gasteiger partial charge is 0.357 e. The highest BCUT2D eigenvalue weighted by Gasteiger charge is 2.02. The molecule has 1 rings (SSSR count). The van der Waals surface area contributed by atoms with Crippen LogP contribution in [0.4, 0.5) is 0 Å². The number of hydrogen-bond donors (Lipinski definition) is 2. The maximum absolute atomic E-state index is 4.58. The highest BCUT2D eigenvalue weighted by Crippen LogP contribution is 1.94. The summed E-state index contributed by atoms with van der Waals surface area (Å²) in [5.74, 6) is 1.89. The number of nitrogens with one attached hydrogen (secondary N) is 2. The molecule has 0 fully saturated rings. The van der Waals surface area contributed by atoms with Crippen molar-refractivity contribution >= 4 is 5.96 Å². The van der Waals surface area contributed by atoms with Crippen molar-refractivity contribution in [2.45, 2.75) is 33.7 Å². The molecule has 0 aromatic carbocycles. The van der Waals surface area contributed by atoms with E-state index in [1.54, 1.807) is 6.33 Å². The van der Waals surface area contributed by atoms with Gasteiger partial charge in [-0.3, -0.25) is 4.99 Å². The quantitative estimate of drug-likeness (QED) is 0.508.